The van der Waals surface area contributed by atoms with Gasteiger partial charge in [0.15, 0.2) is 0 Å². The van der Waals surface area contributed by atoms with E-state index in [0.29, 0.717) is 0 Å². The van der Waals surface area contributed by atoms with Crippen molar-refractivity contribution in [2.45, 2.75) is 26.4 Å². The van der Waals surface area contributed by atoms with E-state index in [1.807, 2.05) is 0 Å². The van der Waals surface area contributed by atoms with Crippen LogP contribution in [0.3, 0.4) is 0 Å². The minimum Gasteiger partial charge on any atom is -0.465 e. The number of nitrogens with one attached hydrogen (secondary N) is 1. The molecule has 0 fully saturated rings. The molecule has 0 saturated heterocycles. The topological polar surface area (TPSA) is 77.5 Å². The van der Waals surface area contributed by atoms with Crippen LogP contribution in [0, 0.1) is 0 Å². The molecule has 1 aromatic rings. The highest BCUT2D eigenvalue weighted by atomic mass is 16.6. The maximum atomic E-state index is 11.6. The summed E-state index contributed by atoms with van der Waals surface area (Å²) in [5.41, 5.74) is -1.19. The molecule has 1 heterocycles. The summed E-state index contributed by atoms with van der Waals surface area (Å²) < 4.78 is 32.3. The molecule has 0 bridgehead atoms. The summed E-state index contributed by atoms with van der Waals surface area (Å²) in [6.07, 6.45) is -1.44. The van der Waals surface area contributed by atoms with Crippen molar-refractivity contribution in [3.05, 3.63) is 23.8 Å². The van der Waals surface area contributed by atoms with Crippen molar-refractivity contribution in [2.24, 2.45) is 0 Å². The maximum Gasteiger partial charge on any atom is 0.413 e. The average Bonchev–Trinajstić information content (AvgIpc) is 2.33. The number of carbonyl (C=O) groups is 2. The molecule has 6 heteroatoms. The third-order valence-electron chi connectivity index (χ3n) is 1.60. The Kier molecular flexibility index (Phi) is 3.01. The molecule has 0 radical (unpaired) electrons. The molecular formula is C12H16N2O4. The van der Waals surface area contributed by atoms with Gasteiger partial charge in [0.2, 0.25) is 0 Å². The van der Waals surface area contributed by atoms with Gasteiger partial charge >= 0.3 is 12.1 Å². The number of rotatable bonds is 2. The fourth-order valence-electron chi connectivity index (χ4n) is 0.981. The van der Waals surface area contributed by atoms with E-state index in [1.165, 1.54) is 0 Å². The minimum absolute atomic E-state index is 0.342. The van der Waals surface area contributed by atoms with E-state index in [9.17, 15) is 9.59 Å². The van der Waals surface area contributed by atoms with Crippen LogP contribution in [0.5, 0.6) is 0 Å². The predicted molar refractivity (Wildman–Crippen MR) is 65.4 cm³/mol. The number of anilines is 1. The summed E-state index contributed by atoms with van der Waals surface area (Å²) in [7, 11) is 1.09. The van der Waals surface area contributed by atoms with Gasteiger partial charge in [-0.25, -0.2) is 14.6 Å². The number of nitrogens with zero attached hydrogens (tertiary/aromatic N) is 1. The highest BCUT2D eigenvalue weighted by Gasteiger charge is 2.17. The van der Waals surface area contributed by atoms with Gasteiger partial charge in [-0.3, -0.25) is 5.32 Å². The molecule has 1 aromatic heterocycles. The van der Waals surface area contributed by atoms with E-state index in [2.05, 4.69) is 15.0 Å². The molecule has 98 valence electrons. The second-order valence-corrected chi connectivity index (χ2v) is 4.32. The van der Waals surface area contributed by atoms with Crippen molar-refractivity contribution in [1.29, 1.82) is 0 Å². The molecule has 1 N–H and O–H groups in total. The number of amides is 1. The van der Waals surface area contributed by atoms with Gasteiger partial charge < -0.3 is 9.47 Å². The summed E-state index contributed by atoms with van der Waals surface area (Å²) in [6, 6.07) is -1.05. The van der Waals surface area contributed by atoms with Crippen LogP contribution in [0.4, 0.5) is 10.6 Å². The van der Waals surface area contributed by atoms with Gasteiger partial charge in [0, 0.05) is 6.17 Å². The first-order chi connectivity index (χ1) is 9.56. The molecule has 18 heavy (non-hydrogen) atoms. The van der Waals surface area contributed by atoms with Crippen LogP contribution < -0.4 is 5.32 Å². The number of ether oxygens (including phenoxy) is 2. The Hall–Kier alpha value is -2.11. The van der Waals surface area contributed by atoms with Gasteiger partial charge in [-0.05, 0) is 32.9 Å². The van der Waals surface area contributed by atoms with E-state index >= 15 is 0 Å². The first-order valence-electron chi connectivity index (χ1n) is 6.63. The molecule has 1 amide bonds. The second kappa shape index (κ2) is 5.48. The fraction of sp³-hybridized carbons (Fsp3) is 0.417. The number of aromatic nitrogens is 1. The first-order valence-corrected chi connectivity index (χ1v) is 5.13. The Labute approximate surface area is 110 Å². The van der Waals surface area contributed by atoms with E-state index < -0.39 is 41.5 Å². The van der Waals surface area contributed by atoms with E-state index in [0.717, 1.165) is 7.11 Å². The van der Waals surface area contributed by atoms with E-state index in [-0.39, 0.29) is 5.82 Å². The quantitative estimate of drug-likeness (QED) is 0.820. The second-order valence-electron chi connectivity index (χ2n) is 4.32. The number of hydrogen-bond donors (Lipinski definition) is 1. The fourth-order valence-corrected chi connectivity index (χ4v) is 0.981. The molecule has 0 aliphatic carbocycles. The van der Waals surface area contributed by atoms with Crippen LogP contribution in [-0.4, -0.2) is 29.8 Å². The Morgan fingerprint density at radius 1 is 1.44 bits per heavy atom. The lowest BCUT2D eigenvalue weighted by Gasteiger charge is -2.19. The van der Waals surface area contributed by atoms with Crippen LogP contribution in [0.2, 0.25) is 0 Å². The zero-order chi connectivity index (χ0) is 16.4. The Morgan fingerprint density at radius 3 is 2.67 bits per heavy atom. The molecule has 0 atom stereocenters. The minimum atomic E-state index is -0.951. The number of hydrogen-bond acceptors (Lipinski definition) is 5. The largest absolute Gasteiger partial charge is 0.465 e. The van der Waals surface area contributed by atoms with Crippen molar-refractivity contribution in [3.63, 3.8) is 0 Å². The SMILES string of the molecule is [2H]c1nc(NC(=O)OC(C)(C)C)c([2H])c(C(=O)OC)c1[2H]. The summed E-state index contributed by atoms with van der Waals surface area (Å²) in [6.45, 7) is 4.97. The normalized spacial score (nSPS) is 13.0. The van der Waals surface area contributed by atoms with Gasteiger partial charge in [-0.15, -0.1) is 0 Å². The van der Waals surface area contributed by atoms with Crippen LogP contribution in [0.15, 0.2) is 18.3 Å². The Balaban J connectivity index is 3.18. The number of carbonyl (C=O) groups excluding carboxylic acids is 2. The molecule has 0 unspecified atom stereocenters. The number of pyridine rings is 1. The highest BCUT2D eigenvalue weighted by Crippen LogP contribution is 2.11. The van der Waals surface area contributed by atoms with Gasteiger partial charge in [-0.2, -0.15) is 0 Å². The average molecular weight is 255 g/mol. The molecule has 0 aromatic carbocycles. The lowest BCUT2D eigenvalue weighted by Crippen LogP contribution is -2.27. The lowest BCUT2D eigenvalue weighted by molar-refractivity contribution is 0.0596. The van der Waals surface area contributed by atoms with Crippen molar-refractivity contribution in [1.82, 2.24) is 4.98 Å². The van der Waals surface area contributed by atoms with Gasteiger partial charge in [-0.1, -0.05) is 0 Å². The Bertz CT molecular complexity index is 585. The van der Waals surface area contributed by atoms with Gasteiger partial charge in [0.05, 0.1) is 16.8 Å². The molecule has 6 nitrogen and oxygen atoms in total. The predicted octanol–water partition coefficient (Wildman–Crippen LogP) is 2.22. The summed E-state index contributed by atoms with van der Waals surface area (Å²) >= 11 is 0. The number of esters is 1. The monoisotopic (exact) mass is 255 g/mol. The molecule has 0 aliphatic heterocycles. The summed E-state index contributed by atoms with van der Waals surface area (Å²) in [5, 5.41) is 2.18. The van der Waals surface area contributed by atoms with Crippen LogP contribution in [0.25, 0.3) is 0 Å². The molecule has 0 saturated carbocycles. The molecule has 1 rings (SSSR count). The summed E-state index contributed by atoms with van der Waals surface area (Å²) in [5.74, 6) is -1.29. The zero-order valence-corrected chi connectivity index (χ0v) is 10.6. The third kappa shape index (κ3) is 4.40. The van der Waals surface area contributed by atoms with Crippen molar-refractivity contribution >= 4 is 17.9 Å². The van der Waals surface area contributed by atoms with Crippen LogP contribution in [0.1, 0.15) is 35.2 Å². The zero-order valence-electron chi connectivity index (χ0n) is 13.6. The van der Waals surface area contributed by atoms with E-state index in [1.54, 1.807) is 20.8 Å². The van der Waals surface area contributed by atoms with Crippen LogP contribution in [-0.2, 0) is 9.47 Å². The number of methoxy groups -OCH3 is 1. The van der Waals surface area contributed by atoms with Gasteiger partial charge in [0.1, 0.15) is 11.4 Å². The molecule has 0 spiro atoms. The third-order valence-corrected chi connectivity index (χ3v) is 1.60. The maximum absolute atomic E-state index is 11.6. The summed E-state index contributed by atoms with van der Waals surface area (Å²) in [4.78, 5) is 26.8. The van der Waals surface area contributed by atoms with Crippen molar-refractivity contribution in [2.75, 3.05) is 12.4 Å². The standard InChI is InChI=1S/C12H16N2O4/c1-12(2,3)18-11(16)14-9-7-8(5-6-13-9)10(15)17-4/h5-7H,1-4H3,(H,13,14,16)/i5D,6D,7D. The smallest absolute Gasteiger partial charge is 0.413 e. The van der Waals surface area contributed by atoms with Crippen molar-refractivity contribution < 1.29 is 23.2 Å². The van der Waals surface area contributed by atoms with E-state index in [4.69, 9.17) is 8.85 Å². The Morgan fingerprint density at radius 2 is 2.11 bits per heavy atom. The molecular weight excluding hydrogens is 236 g/mol. The van der Waals surface area contributed by atoms with Gasteiger partial charge in [0.25, 0.3) is 0 Å². The van der Waals surface area contributed by atoms with Crippen LogP contribution >= 0.6 is 0 Å². The highest BCUT2D eigenvalue weighted by molar-refractivity contribution is 5.91. The van der Waals surface area contributed by atoms with Crippen molar-refractivity contribution in [3.8, 4) is 0 Å². The first kappa shape index (κ1) is 9.87. The lowest BCUT2D eigenvalue weighted by atomic mass is 10.2. The molecule has 0 aliphatic rings.